The van der Waals surface area contributed by atoms with Crippen molar-refractivity contribution < 1.29 is 4.79 Å². The fraction of sp³-hybridized carbons (Fsp3) is 0.190. The van der Waals surface area contributed by atoms with Crippen LogP contribution >= 0.6 is 0 Å². The molecule has 5 nitrogen and oxygen atoms in total. The first-order valence-electron chi connectivity index (χ1n) is 8.54. The molecule has 26 heavy (non-hydrogen) atoms. The summed E-state index contributed by atoms with van der Waals surface area (Å²) in [4.78, 5) is 12.2. The first-order chi connectivity index (χ1) is 12.7. The molecule has 1 heterocycles. The zero-order chi connectivity index (χ0) is 18.2. The Morgan fingerprint density at radius 3 is 2.54 bits per heavy atom. The smallest absolute Gasteiger partial charge is 0.220 e. The summed E-state index contributed by atoms with van der Waals surface area (Å²) < 4.78 is 1.87. The van der Waals surface area contributed by atoms with Crippen LogP contribution in [-0.4, -0.2) is 15.7 Å². The van der Waals surface area contributed by atoms with Gasteiger partial charge in [-0.3, -0.25) is 9.48 Å². The number of carbonyl (C=O) groups is 1. The second-order valence-electron chi connectivity index (χ2n) is 6.06. The summed E-state index contributed by atoms with van der Waals surface area (Å²) in [6.45, 7) is 1.19. The van der Waals surface area contributed by atoms with Crippen LogP contribution in [0.5, 0.6) is 0 Å². The standard InChI is InChI=1S/C21H20N4O/c22-14-18-8-6-17(7-9-18)10-11-21(26)23-15-19-4-1-2-5-20(19)16-25-13-3-12-24-25/h1-9,12-13H,10-11,15-16H2,(H,23,26). The number of nitrogens with zero attached hydrogens (tertiary/aromatic N) is 3. The van der Waals surface area contributed by atoms with Gasteiger partial charge < -0.3 is 5.32 Å². The van der Waals surface area contributed by atoms with E-state index in [1.807, 2.05) is 47.3 Å². The van der Waals surface area contributed by atoms with Crippen LogP contribution in [0.15, 0.2) is 67.0 Å². The van der Waals surface area contributed by atoms with Crippen molar-refractivity contribution in [2.75, 3.05) is 0 Å². The van der Waals surface area contributed by atoms with Crippen molar-refractivity contribution in [3.63, 3.8) is 0 Å². The van der Waals surface area contributed by atoms with Crippen molar-refractivity contribution >= 4 is 5.91 Å². The molecule has 2 aromatic carbocycles. The zero-order valence-electron chi connectivity index (χ0n) is 14.4. The van der Waals surface area contributed by atoms with E-state index in [4.69, 9.17) is 5.26 Å². The van der Waals surface area contributed by atoms with E-state index in [0.29, 0.717) is 31.5 Å². The Hall–Kier alpha value is -3.39. The summed E-state index contributed by atoms with van der Waals surface area (Å²) in [7, 11) is 0. The van der Waals surface area contributed by atoms with Crippen LogP contribution in [0.1, 0.15) is 28.7 Å². The predicted molar refractivity (Wildman–Crippen MR) is 99.1 cm³/mol. The lowest BCUT2D eigenvalue weighted by atomic mass is 10.1. The first-order valence-corrected chi connectivity index (χ1v) is 8.54. The van der Waals surface area contributed by atoms with E-state index in [9.17, 15) is 4.79 Å². The lowest BCUT2D eigenvalue weighted by Gasteiger charge is -2.11. The minimum Gasteiger partial charge on any atom is -0.352 e. The Balaban J connectivity index is 1.52. The first kappa shape index (κ1) is 17.4. The van der Waals surface area contributed by atoms with E-state index in [2.05, 4.69) is 22.6 Å². The quantitative estimate of drug-likeness (QED) is 0.716. The second-order valence-corrected chi connectivity index (χ2v) is 6.06. The number of carbonyl (C=O) groups excluding carboxylic acids is 1. The van der Waals surface area contributed by atoms with Crippen LogP contribution in [0.4, 0.5) is 0 Å². The van der Waals surface area contributed by atoms with E-state index in [1.54, 1.807) is 18.3 Å². The van der Waals surface area contributed by atoms with Crippen LogP contribution in [0.3, 0.4) is 0 Å². The van der Waals surface area contributed by atoms with E-state index >= 15 is 0 Å². The molecule has 1 aromatic heterocycles. The Labute approximate surface area is 152 Å². The molecule has 1 amide bonds. The summed E-state index contributed by atoms with van der Waals surface area (Å²) >= 11 is 0. The van der Waals surface area contributed by atoms with E-state index < -0.39 is 0 Å². The maximum atomic E-state index is 12.2. The highest BCUT2D eigenvalue weighted by atomic mass is 16.1. The third kappa shape index (κ3) is 4.81. The summed E-state index contributed by atoms with van der Waals surface area (Å²) in [5, 5.41) is 16.0. The van der Waals surface area contributed by atoms with Gasteiger partial charge in [-0.2, -0.15) is 10.4 Å². The molecule has 0 bridgehead atoms. The van der Waals surface area contributed by atoms with Gasteiger partial charge in [0.05, 0.1) is 18.2 Å². The van der Waals surface area contributed by atoms with Crippen LogP contribution in [0.25, 0.3) is 0 Å². The Bertz CT molecular complexity index is 893. The summed E-state index contributed by atoms with van der Waals surface area (Å²) in [6, 6.07) is 19.4. The topological polar surface area (TPSA) is 70.7 Å². The van der Waals surface area contributed by atoms with Gasteiger partial charge in [0.1, 0.15) is 0 Å². The molecule has 0 aliphatic carbocycles. The van der Waals surface area contributed by atoms with Crippen molar-refractivity contribution in [3.05, 3.63) is 89.2 Å². The number of amides is 1. The van der Waals surface area contributed by atoms with E-state index in [1.165, 1.54) is 0 Å². The number of benzene rings is 2. The molecular formula is C21H20N4O. The number of nitrogens with one attached hydrogen (secondary N) is 1. The summed E-state index contributed by atoms with van der Waals surface area (Å²) in [6.07, 6.45) is 4.76. The van der Waals surface area contributed by atoms with Crippen molar-refractivity contribution in [2.24, 2.45) is 0 Å². The van der Waals surface area contributed by atoms with Crippen molar-refractivity contribution in [1.29, 1.82) is 5.26 Å². The highest BCUT2D eigenvalue weighted by molar-refractivity contribution is 5.76. The molecule has 5 heteroatoms. The molecule has 0 radical (unpaired) electrons. The number of aryl methyl sites for hydroxylation is 1. The lowest BCUT2D eigenvalue weighted by Crippen LogP contribution is -2.23. The maximum absolute atomic E-state index is 12.2. The van der Waals surface area contributed by atoms with Crippen LogP contribution in [0.2, 0.25) is 0 Å². The lowest BCUT2D eigenvalue weighted by molar-refractivity contribution is -0.121. The molecule has 0 fully saturated rings. The fourth-order valence-electron chi connectivity index (χ4n) is 2.74. The highest BCUT2D eigenvalue weighted by Crippen LogP contribution is 2.11. The van der Waals surface area contributed by atoms with Crippen LogP contribution in [-0.2, 0) is 24.3 Å². The molecule has 0 aliphatic heterocycles. The van der Waals surface area contributed by atoms with Gasteiger partial charge in [0.25, 0.3) is 0 Å². The van der Waals surface area contributed by atoms with Gasteiger partial charge in [-0.25, -0.2) is 0 Å². The predicted octanol–water partition coefficient (Wildman–Crippen LogP) is 3.05. The molecule has 0 atom stereocenters. The Morgan fingerprint density at radius 1 is 1.08 bits per heavy atom. The molecule has 0 saturated heterocycles. The van der Waals surface area contributed by atoms with Gasteiger partial charge >= 0.3 is 0 Å². The van der Waals surface area contributed by atoms with Gasteiger partial charge in [-0.1, -0.05) is 36.4 Å². The number of hydrogen-bond donors (Lipinski definition) is 1. The largest absolute Gasteiger partial charge is 0.352 e. The third-order valence-corrected chi connectivity index (χ3v) is 4.21. The SMILES string of the molecule is N#Cc1ccc(CCC(=O)NCc2ccccc2Cn2cccn2)cc1. The molecule has 0 unspecified atom stereocenters. The number of nitriles is 1. The minimum atomic E-state index is 0.0169. The fourth-order valence-corrected chi connectivity index (χ4v) is 2.74. The average Bonchev–Trinajstić information content (AvgIpc) is 3.19. The van der Waals surface area contributed by atoms with E-state index in [0.717, 1.165) is 16.7 Å². The molecule has 130 valence electrons. The Kier molecular flexibility index (Phi) is 5.79. The molecule has 3 aromatic rings. The van der Waals surface area contributed by atoms with Crippen molar-refractivity contribution in [3.8, 4) is 6.07 Å². The molecular weight excluding hydrogens is 324 g/mol. The van der Waals surface area contributed by atoms with Crippen LogP contribution in [0, 0.1) is 11.3 Å². The van der Waals surface area contributed by atoms with E-state index in [-0.39, 0.29) is 5.91 Å². The number of hydrogen-bond acceptors (Lipinski definition) is 3. The van der Waals surface area contributed by atoms with Crippen molar-refractivity contribution in [1.82, 2.24) is 15.1 Å². The zero-order valence-corrected chi connectivity index (χ0v) is 14.4. The highest BCUT2D eigenvalue weighted by Gasteiger charge is 2.06. The second kappa shape index (κ2) is 8.63. The van der Waals surface area contributed by atoms with Crippen molar-refractivity contribution in [2.45, 2.75) is 25.9 Å². The van der Waals surface area contributed by atoms with Crippen LogP contribution < -0.4 is 5.32 Å². The molecule has 0 saturated carbocycles. The number of rotatable bonds is 7. The summed E-state index contributed by atoms with van der Waals surface area (Å²) in [5.74, 6) is 0.0169. The monoisotopic (exact) mass is 344 g/mol. The minimum absolute atomic E-state index is 0.0169. The van der Waals surface area contributed by atoms with Gasteiger partial charge in [-0.05, 0) is 41.3 Å². The van der Waals surface area contributed by atoms with Gasteiger partial charge in [0.2, 0.25) is 5.91 Å². The third-order valence-electron chi connectivity index (χ3n) is 4.21. The molecule has 0 spiro atoms. The normalized spacial score (nSPS) is 10.3. The van der Waals surface area contributed by atoms with Gasteiger partial charge in [-0.15, -0.1) is 0 Å². The summed E-state index contributed by atoms with van der Waals surface area (Å²) in [5.41, 5.74) is 3.92. The molecule has 1 N–H and O–H groups in total. The number of aromatic nitrogens is 2. The van der Waals surface area contributed by atoms with Gasteiger partial charge in [0, 0.05) is 25.4 Å². The Morgan fingerprint density at radius 2 is 1.85 bits per heavy atom. The average molecular weight is 344 g/mol. The maximum Gasteiger partial charge on any atom is 0.220 e. The molecule has 3 rings (SSSR count). The molecule has 0 aliphatic rings. The van der Waals surface area contributed by atoms with Gasteiger partial charge in [0.15, 0.2) is 0 Å².